The summed E-state index contributed by atoms with van der Waals surface area (Å²) in [6.07, 6.45) is 2.46. The van der Waals surface area contributed by atoms with Crippen LogP contribution >= 0.6 is 35.7 Å². The predicted molar refractivity (Wildman–Crippen MR) is 118 cm³/mol. The maximum atomic E-state index is 12.3. The molecule has 0 aromatic heterocycles. The molecule has 2 saturated heterocycles. The van der Waals surface area contributed by atoms with Crippen LogP contribution in [0.3, 0.4) is 0 Å². The van der Waals surface area contributed by atoms with Gasteiger partial charge in [-0.05, 0) is 25.9 Å². The first-order valence-electron chi connectivity index (χ1n) is 8.81. The van der Waals surface area contributed by atoms with E-state index in [0.29, 0.717) is 31.6 Å². The molecule has 0 aromatic rings. The van der Waals surface area contributed by atoms with Crippen molar-refractivity contribution in [2.45, 2.75) is 25.8 Å². The average molecular weight is 505 g/mol. The summed E-state index contributed by atoms with van der Waals surface area (Å²) in [5, 5.41) is 6.46. The molecule has 2 rings (SSSR count). The number of rotatable bonds is 7. The number of sulfonamides is 1. The minimum absolute atomic E-state index is 0. The maximum Gasteiger partial charge on any atom is 0.215 e. The molecule has 0 aromatic carbocycles. The van der Waals surface area contributed by atoms with Gasteiger partial charge < -0.3 is 10.6 Å². The van der Waals surface area contributed by atoms with Crippen LogP contribution in [0.25, 0.3) is 0 Å². The number of likely N-dealkylation sites (tertiary alicyclic amines) is 1. The van der Waals surface area contributed by atoms with Crippen LogP contribution in [-0.2, 0) is 10.0 Å². The van der Waals surface area contributed by atoms with E-state index in [1.807, 2.05) is 11.8 Å². The number of nitrogens with one attached hydrogen (secondary N) is 2. The molecule has 0 saturated carbocycles. The number of halogens is 1. The van der Waals surface area contributed by atoms with Crippen LogP contribution in [0.2, 0.25) is 0 Å². The largest absolute Gasteiger partial charge is 0.355 e. The number of hydrogen-bond acceptors (Lipinski definition) is 5. The minimum atomic E-state index is -3.16. The van der Waals surface area contributed by atoms with E-state index in [1.54, 1.807) is 11.4 Å². The first-order valence-corrected chi connectivity index (χ1v) is 11.6. The maximum absolute atomic E-state index is 12.3. The molecule has 10 heteroatoms. The number of likely N-dealkylation sites (N-methyl/N-ethyl adjacent to an activating group) is 1. The molecular weight excluding hydrogens is 473 g/mol. The Hall–Kier alpha value is 0.220. The molecule has 0 amide bonds. The normalized spacial score (nSPS) is 23.3. The summed E-state index contributed by atoms with van der Waals surface area (Å²) >= 11 is 1.81. The third-order valence-electron chi connectivity index (χ3n) is 4.65. The van der Waals surface area contributed by atoms with Crippen LogP contribution in [0, 0.1) is 0 Å². The van der Waals surface area contributed by atoms with Crippen LogP contribution in [0.4, 0.5) is 0 Å². The molecule has 7 nitrogen and oxygen atoms in total. The smallest absolute Gasteiger partial charge is 0.215 e. The van der Waals surface area contributed by atoms with Crippen molar-refractivity contribution in [3.63, 3.8) is 0 Å². The molecule has 1 unspecified atom stereocenters. The molecule has 0 aliphatic carbocycles. The van der Waals surface area contributed by atoms with Gasteiger partial charge in [-0.3, -0.25) is 9.89 Å². The Morgan fingerprint density at radius 3 is 2.60 bits per heavy atom. The Bertz CT molecular complexity index is 512. The van der Waals surface area contributed by atoms with Crippen LogP contribution in [0.1, 0.15) is 19.8 Å². The molecule has 2 aliphatic heterocycles. The van der Waals surface area contributed by atoms with Gasteiger partial charge in [-0.25, -0.2) is 12.7 Å². The van der Waals surface area contributed by atoms with Gasteiger partial charge in [-0.1, -0.05) is 6.92 Å². The van der Waals surface area contributed by atoms with Gasteiger partial charge in [-0.15, -0.1) is 24.0 Å². The van der Waals surface area contributed by atoms with E-state index in [4.69, 9.17) is 0 Å². The van der Waals surface area contributed by atoms with E-state index in [9.17, 15) is 8.42 Å². The lowest BCUT2D eigenvalue weighted by atomic mass is 10.2. The topological polar surface area (TPSA) is 77.0 Å². The first-order chi connectivity index (χ1) is 11.6. The Balaban J connectivity index is 0.00000312. The van der Waals surface area contributed by atoms with E-state index < -0.39 is 10.0 Å². The molecule has 0 radical (unpaired) electrons. The first kappa shape index (κ1) is 23.3. The van der Waals surface area contributed by atoms with Gasteiger partial charge in [0.2, 0.25) is 10.0 Å². The van der Waals surface area contributed by atoms with E-state index >= 15 is 0 Å². The Kier molecular flexibility index (Phi) is 11.0. The Morgan fingerprint density at radius 2 is 1.96 bits per heavy atom. The molecule has 2 heterocycles. The van der Waals surface area contributed by atoms with Crippen molar-refractivity contribution >= 4 is 51.7 Å². The zero-order valence-electron chi connectivity index (χ0n) is 15.2. The molecular formula is C15H32IN5O2S2. The van der Waals surface area contributed by atoms with Crippen molar-refractivity contribution in [3.8, 4) is 0 Å². The molecule has 25 heavy (non-hydrogen) atoms. The lowest BCUT2D eigenvalue weighted by molar-refractivity contribution is 0.267. The predicted octanol–water partition coefficient (Wildman–Crippen LogP) is 0.632. The lowest BCUT2D eigenvalue weighted by Gasteiger charge is -2.26. The second kappa shape index (κ2) is 11.8. The highest BCUT2D eigenvalue weighted by molar-refractivity contribution is 14.0. The van der Waals surface area contributed by atoms with Crippen molar-refractivity contribution < 1.29 is 8.42 Å². The highest BCUT2D eigenvalue weighted by Crippen LogP contribution is 2.15. The summed E-state index contributed by atoms with van der Waals surface area (Å²) in [7, 11) is -1.44. The number of thioether (sulfide) groups is 1. The molecule has 1 atom stereocenters. The third-order valence-corrected chi connectivity index (χ3v) is 7.46. The molecule has 0 bridgehead atoms. The SMILES string of the molecule is CCN1CCCC1CNC(=NC)NCCS(=O)(=O)N1CCSCC1.I. The van der Waals surface area contributed by atoms with E-state index in [1.165, 1.54) is 19.4 Å². The molecule has 2 aliphatic rings. The summed E-state index contributed by atoms with van der Waals surface area (Å²) < 4.78 is 26.2. The van der Waals surface area contributed by atoms with Crippen molar-refractivity contribution in [2.24, 2.45) is 4.99 Å². The number of guanidine groups is 1. The fraction of sp³-hybridized carbons (Fsp3) is 0.933. The van der Waals surface area contributed by atoms with Gasteiger partial charge in [0.05, 0.1) is 5.75 Å². The highest BCUT2D eigenvalue weighted by atomic mass is 127. The summed E-state index contributed by atoms with van der Waals surface area (Å²) in [5.74, 6) is 2.58. The van der Waals surface area contributed by atoms with Crippen LogP contribution in [0.15, 0.2) is 4.99 Å². The Labute approximate surface area is 173 Å². The number of nitrogens with zero attached hydrogens (tertiary/aromatic N) is 3. The third kappa shape index (κ3) is 7.39. The Morgan fingerprint density at radius 1 is 1.24 bits per heavy atom. The van der Waals surface area contributed by atoms with Crippen molar-refractivity contribution in [3.05, 3.63) is 0 Å². The fourth-order valence-corrected chi connectivity index (χ4v) is 5.72. The van der Waals surface area contributed by atoms with Gasteiger partial charge in [-0.2, -0.15) is 11.8 Å². The fourth-order valence-electron chi connectivity index (χ4n) is 3.23. The van der Waals surface area contributed by atoms with E-state index in [2.05, 4.69) is 27.4 Å². The van der Waals surface area contributed by atoms with E-state index in [0.717, 1.165) is 24.6 Å². The van der Waals surface area contributed by atoms with Crippen LogP contribution in [0.5, 0.6) is 0 Å². The summed E-state index contributed by atoms with van der Waals surface area (Å²) in [6.45, 7) is 6.93. The molecule has 2 fully saturated rings. The van der Waals surface area contributed by atoms with E-state index in [-0.39, 0.29) is 29.7 Å². The lowest BCUT2D eigenvalue weighted by Crippen LogP contribution is -2.47. The van der Waals surface area contributed by atoms with Crippen LogP contribution in [-0.4, -0.2) is 93.2 Å². The summed E-state index contributed by atoms with van der Waals surface area (Å²) in [4.78, 5) is 6.67. The molecule has 148 valence electrons. The van der Waals surface area contributed by atoms with Gasteiger partial charge in [0.15, 0.2) is 5.96 Å². The highest BCUT2D eigenvalue weighted by Gasteiger charge is 2.24. The van der Waals surface area contributed by atoms with Gasteiger partial charge in [0.25, 0.3) is 0 Å². The number of hydrogen-bond donors (Lipinski definition) is 2. The summed E-state index contributed by atoms with van der Waals surface area (Å²) in [5.41, 5.74) is 0. The molecule has 0 spiro atoms. The second-order valence-electron chi connectivity index (χ2n) is 6.13. The van der Waals surface area contributed by atoms with Crippen molar-refractivity contribution in [1.82, 2.24) is 19.8 Å². The average Bonchev–Trinajstić information content (AvgIpc) is 3.06. The van der Waals surface area contributed by atoms with Gasteiger partial charge >= 0.3 is 0 Å². The monoisotopic (exact) mass is 505 g/mol. The van der Waals surface area contributed by atoms with Gasteiger partial charge in [0, 0.05) is 50.8 Å². The van der Waals surface area contributed by atoms with Gasteiger partial charge in [0.1, 0.15) is 0 Å². The van der Waals surface area contributed by atoms with Crippen molar-refractivity contribution in [2.75, 3.05) is 63.6 Å². The zero-order valence-corrected chi connectivity index (χ0v) is 19.2. The number of aliphatic imine (C=N–C) groups is 1. The van der Waals surface area contributed by atoms with Crippen molar-refractivity contribution in [1.29, 1.82) is 0 Å². The minimum Gasteiger partial charge on any atom is -0.355 e. The summed E-state index contributed by atoms with van der Waals surface area (Å²) in [6, 6.07) is 0.545. The molecule has 2 N–H and O–H groups in total. The zero-order chi connectivity index (χ0) is 17.4. The standard InChI is InChI=1S/C15H31N5O2S2.HI/c1-3-19-7-4-5-14(19)13-18-15(16-2)17-6-12-24(21,22)20-8-10-23-11-9-20;/h14H,3-13H2,1-2H3,(H2,16,17,18);1H. The van der Waals surface area contributed by atoms with Crippen LogP contribution < -0.4 is 10.6 Å². The quantitative estimate of drug-likeness (QED) is 0.301. The second-order valence-corrected chi connectivity index (χ2v) is 9.45.